The van der Waals surface area contributed by atoms with Gasteiger partial charge in [0, 0.05) is 12.5 Å². The van der Waals surface area contributed by atoms with Gasteiger partial charge in [0.25, 0.3) is 0 Å². The molecule has 1 aromatic rings. The summed E-state index contributed by atoms with van der Waals surface area (Å²) < 4.78 is 0. The van der Waals surface area contributed by atoms with Gasteiger partial charge in [-0.15, -0.1) is 5.10 Å². The van der Waals surface area contributed by atoms with Gasteiger partial charge in [-0.1, -0.05) is 0 Å². The van der Waals surface area contributed by atoms with Crippen LogP contribution in [0.25, 0.3) is 0 Å². The molecule has 1 unspecified atom stereocenters. The third kappa shape index (κ3) is 2.95. The maximum absolute atomic E-state index is 11.5. The number of nitrogens with zero attached hydrogens (tertiary/aromatic N) is 3. The lowest BCUT2D eigenvalue weighted by Crippen LogP contribution is -2.29. The zero-order valence-corrected chi connectivity index (χ0v) is 8.26. The van der Waals surface area contributed by atoms with Crippen LogP contribution in [0.1, 0.15) is 19.3 Å². The van der Waals surface area contributed by atoms with Crippen molar-refractivity contribution in [1.29, 1.82) is 0 Å². The Morgan fingerprint density at radius 3 is 3.00 bits per heavy atom. The molecule has 2 rings (SSSR count). The summed E-state index contributed by atoms with van der Waals surface area (Å²) in [5.74, 6) is 0.596. The summed E-state index contributed by atoms with van der Waals surface area (Å²) in [5.41, 5.74) is 5.82. The number of amides is 1. The predicted octanol–water partition coefficient (Wildman–Crippen LogP) is -0.0625. The van der Waals surface area contributed by atoms with E-state index in [1.807, 2.05) is 0 Å². The monoisotopic (exact) mass is 207 g/mol. The first kappa shape index (κ1) is 9.97. The standard InChI is InChI=1S/C9H13N5O/c10-7(6-1-2-6)5-8(15)13-9-11-3-4-12-14-9/h3-4,6-7H,1-2,5,10H2,(H,11,13,14,15). The Kier molecular flexibility index (Phi) is 2.86. The molecule has 0 radical (unpaired) electrons. The second-order valence-electron chi connectivity index (χ2n) is 3.72. The zero-order valence-electron chi connectivity index (χ0n) is 8.26. The number of hydrogen-bond acceptors (Lipinski definition) is 5. The summed E-state index contributed by atoms with van der Waals surface area (Å²) in [5, 5.41) is 9.81. The van der Waals surface area contributed by atoms with Crippen molar-refractivity contribution in [3.63, 3.8) is 0 Å². The fraction of sp³-hybridized carbons (Fsp3) is 0.556. The number of hydrogen-bond donors (Lipinski definition) is 2. The van der Waals surface area contributed by atoms with E-state index in [1.165, 1.54) is 12.4 Å². The number of nitrogens with two attached hydrogens (primary N) is 1. The molecular formula is C9H13N5O. The Labute approximate surface area is 87.3 Å². The minimum absolute atomic E-state index is 0.0401. The molecule has 6 nitrogen and oxygen atoms in total. The third-order valence-corrected chi connectivity index (χ3v) is 2.38. The van der Waals surface area contributed by atoms with Crippen LogP contribution in [0.3, 0.4) is 0 Å². The van der Waals surface area contributed by atoms with Crippen LogP contribution >= 0.6 is 0 Å². The molecule has 0 bridgehead atoms. The van der Waals surface area contributed by atoms with Gasteiger partial charge in [-0.3, -0.25) is 10.1 Å². The van der Waals surface area contributed by atoms with Crippen molar-refractivity contribution < 1.29 is 4.79 Å². The summed E-state index contributed by atoms with van der Waals surface area (Å²) >= 11 is 0. The van der Waals surface area contributed by atoms with E-state index >= 15 is 0 Å². The van der Waals surface area contributed by atoms with E-state index in [4.69, 9.17) is 5.73 Å². The first-order chi connectivity index (χ1) is 7.25. The van der Waals surface area contributed by atoms with Crippen LogP contribution in [0, 0.1) is 5.92 Å². The summed E-state index contributed by atoms with van der Waals surface area (Å²) in [4.78, 5) is 15.3. The topological polar surface area (TPSA) is 93.8 Å². The van der Waals surface area contributed by atoms with E-state index in [0.29, 0.717) is 12.3 Å². The lowest BCUT2D eigenvalue weighted by molar-refractivity contribution is -0.116. The largest absolute Gasteiger partial charge is 0.327 e. The lowest BCUT2D eigenvalue weighted by Gasteiger charge is -2.08. The minimum Gasteiger partial charge on any atom is -0.327 e. The highest BCUT2D eigenvalue weighted by Crippen LogP contribution is 2.32. The van der Waals surface area contributed by atoms with E-state index in [9.17, 15) is 4.79 Å². The molecule has 1 amide bonds. The zero-order chi connectivity index (χ0) is 10.7. The Morgan fingerprint density at radius 2 is 2.40 bits per heavy atom. The van der Waals surface area contributed by atoms with E-state index in [2.05, 4.69) is 20.5 Å². The Balaban J connectivity index is 1.81. The van der Waals surface area contributed by atoms with Gasteiger partial charge in [0.05, 0.1) is 12.4 Å². The van der Waals surface area contributed by atoms with E-state index < -0.39 is 0 Å². The van der Waals surface area contributed by atoms with Gasteiger partial charge >= 0.3 is 0 Å². The van der Waals surface area contributed by atoms with Gasteiger partial charge in [0.15, 0.2) is 0 Å². The van der Waals surface area contributed by atoms with Crippen molar-refractivity contribution in [2.75, 3.05) is 5.32 Å². The van der Waals surface area contributed by atoms with Crippen LogP contribution in [-0.2, 0) is 4.79 Å². The van der Waals surface area contributed by atoms with Crippen molar-refractivity contribution in [2.45, 2.75) is 25.3 Å². The van der Waals surface area contributed by atoms with Crippen LogP contribution in [0.2, 0.25) is 0 Å². The third-order valence-electron chi connectivity index (χ3n) is 2.38. The SMILES string of the molecule is NC(CC(=O)Nc1nccnn1)C1CC1. The highest BCUT2D eigenvalue weighted by Gasteiger charge is 2.29. The van der Waals surface area contributed by atoms with Crippen molar-refractivity contribution in [3.8, 4) is 0 Å². The Bertz CT molecular complexity index is 338. The molecule has 3 N–H and O–H groups in total. The number of aromatic nitrogens is 3. The fourth-order valence-electron chi connectivity index (χ4n) is 1.39. The molecule has 0 aliphatic heterocycles. The molecule has 1 aliphatic rings. The molecule has 1 heterocycles. The van der Waals surface area contributed by atoms with Crippen LogP contribution in [0.5, 0.6) is 0 Å². The van der Waals surface area contributed by atoms with Crippen LogP contribution in [0.15, 0.2) is 12.4 Å². The first-order valence-corrected chi connectivity index (χ1v) is 4.95. The second kappa shape index (κ2) is 4.31. The van der Waals surface area contributed by atoms with Gasteiger partial charge in [-0.2, -0.15) is 5.10 Å². The van der Waals surface area contributed by atoms with Crippen molar-refractivity contribution >= 4 is 11.9 Å². The molecular weight excluding hydrogens is 194 g/mol. The van der Waals surface area contributed by atoms with Crippen LogP contribution in [0.4, 0.5) is 5.95 Å². The van der Waals surface area contributed by atoms with Crippen molar-refractivity contribution in [1.82, 2.24) is 15.2 Å². The molecule has 1 aromatic heterocycles. The Morgan fingerprint density at radius 1 is 1.60 bits per heavy atom. The molecule has 0 spiro atoms. The van der Waals surface area contributed by atoms with Crippen LogP contribution in [-0.4, -0.2) is 27.1 Å². The van der Waals surface area contributed by atoms with Crippen molar-refractivity contribution in [2.24, 2.45) is 11.7 Å². The number of carbonyl (C=O) groups excluding carboxylic acids is 1. The number of rotatable bonds is 4. The van der Waals surface area contributed by atoms with Gasteiger partial charge in [-0.25, -0.2) is 4.98 Å². The number of carbonyl (C=O) groups is 1. The van der Waals surface area contributed by atoms with Gasteiger partial charge in [0.1, 0.15) is 0 Å². The number of nitrogens with one attached hydrogen (secondary N) is 1. The second-order valence-corrected chi connectivity index (χ2v) is 3.72. The quantitative estimate of drug-likeness (QED) is 0.721. The number of anilines is 1. The fourth-order valence-corrected chi connectivity index (χ4v) is 1.39. The Hall–Kier alpha value is -1.56. The summed E-state index contributed by atoms with van der Waals surface area (Å²) in [7, 11) is 0. The van der Waals surface area contributed by atoms with Crippen molar-refractivity contribution in [3.05, 3.63) is 12.4 Å². The summed E-state index contributed by atoms with van der Waals surface area (Å²) in [6, 6.07) is -0.0401. The molecule has 6 heteroatoms. The lowest BCUT2D eigenvalue weighted by atomic mass is 10.1. The summed E-state index contributed by atoms with van der Waals surface area (Å²) in [6.07, 6.45) is 5.52. The molecule has 15 heavy (non-hydrogen) atoms. The maximum atomic E-state index is 11.5. The molecule has 1 aliphatic carbocycles. The highest BCUT2D eigenvalue weighted by atomic mass is 16.1. The smallest absolute Gasteiger partial charge is 0.249 e. The first-order valence-electron chi connectivity index (χ1n) is 4.95. The average Bonchev–Trinajstić information content (AvgIpc) is 3.01. The predicted molar refractivity (Wildman–Crippen MR) is 53.8 cm³/mol. The average molecular weight is 207 g/mol. The molecule has 0 aromatic carbocycles. The molecule has 1 atom stereocenters. The minimum atomic E-state index is -0.151. The molecule has 0 saturated heterocycles. The highest BCUT2D eigenvalue weighted by molar-refractivity contribution is 5.89. The van der Waals surface area contributed by atoms with Gasteiger partial charge in [-0.05, 0) is 18.8 Å². The van der Waals surface area contributed by atoms with Gasteiger partial charge < -0.3 is 5.73 Å². The van der Waals surface area contributed by atoms with Gasteiger partial charge in [0.2, 0.25) is 11.9 Å². The molecule has 1 fully saturated rings. The summed E-state index contributed by atoms with van der Waals surface area (Å²) in [6.45, 7) is 0. The maximum Gasteiger partial charge on any atom is 0.249 e. The van der Waals surface area contributed by atoms with Crippen LogP contribution < -0.4 is 11.1 Å². The van der Waals surface area contributed by atoms with E-state index in [-0.39, 0.29) is 17.9 Å². The molecule has 1 saturated carbocycles. The molecule has 80 valence electrons. The van der Waals surface area contributed by atoms with E-state index in [0.717, 1.165) is 12.8 Å². The van der Waals surface area contributed by atoms with E-state index in [1.54, 1.807) is 0 Å². The normalized spacial score (nSPS) is 17.1.